The Bertz CT molecular complexity index is 652. The Labute approximate surface area is 113 Å². The van der Waals surface area contributed by atoms with E-state index in [0.29, 0.717) is 16.4 Å². The number of nitrogens with zero attached hydrogens (tertiary/aromatic N) is 2. The summed E-state index contributed by atoms with van der Waals surface area (Å²) in [6.45, 7) is 3.23. The molecular weight excluding hydrogens is 274 g/mol. The molecule has 2 aromatic rings. The van der Waals surface area contributed by atoms with Crippen LogP contribution in [0, 0.1) is 25.5 Å². The van der Waals surface area contributed by atoms with E-state index in [1.165, 1.54) is 4.68 Å². The highest BCUT2D eigenvalue weighted by atomic mass is 35.5. The number of benzene rings is 1. The normalized spacial score (nSPS) is 10.8. The minimum absolute atomic E-state index is 0.181. The molecule has 6 heteroatoms. The van der Waals surface area contributed by atoms with E-state index in [4.69, 9.17) is 11.6 Å². The van der Waals surface area contributed by atoms with Crippen molar-refractivity contribution in [3.63, 3.8) is 0 Å². The Morgan fingerprint density at radius 1 is 1.37 bits per heavy atom. The van der Waals surface area contributed by atoms with Crippen molar-refractivity contribution in [3.8, 4) is 0 Å². The van der Waals surface area contributed by atoms with Crippen LogP contribution in [0.25, 0.3) is 0 Å². The second-order valence-corrected chi connectivity index (χ2v) is 4.57. The predicted molar refractivity (Wildman–Crippen MR) is 67.4 cm³/mol. The van der Waals surface area contributed by atoms with E-state index in [1.54, 1.807) is 13.8 Å². The molecule has 2 rings (SSSR count). The van der Waals surface area contributed by atoms with Gasteiger partial charge in [-0.05, 0) is 32.0 Å². The van der Waals surface area contributed by atoms with Gasteiger partial charge in [-0.1, -0.05) is 11.6 Å². The molecule has 19 heavy (non-hydrogen) atoms. The van der Waals surface area contributed by atoms with Crippen molar-refractivity contribution in [2.45, 2.75) is 20.4 Å². The summed E-state index contributed by atoms with van der Waals surface area (Å²) in [4.78, 5) is 11.9. The molecule has 1 heterocycles. The van der Waals surface area contributed by atoms with Crippen molar-refractivity contribution in [2.24, 2.45) is 0 Å². The summed E-state index contributed by atoms with van der Waals surface area (Å²) < 4.78 is 27.9. The molecule has 0 bridgehead atoms. The van der Waals surface area contributed by atoms with E-state index in [2.05, 4.69) is 5.10 Å². The first-order valence-electron chi connectivity index (χ1n) is 5.58. The monoisotopic (exact) mass is 284 g/mol. The van der Waals surface area contributed by atoms with Crippen LogP contribution in [-0.2, 0) is 6.54 Å². The summed E-state index contributed by atoms with van der Waals surface area (Å²) in [5, 5.41) is 4.54. The first kappa shape index (κ1) is 13.7. The van der Waals surface area contributed by atoms with Crippen molar-refractivity contribution in [1.29, 1.82) is 0 Å². The lowest BCUT2D eigenvalue weighted by molar-refractivity contribution is 0.0962. The van der Waals surface area contributed by atoms with Gasteiger partial charge in [-0.2, -0.15) is 5.10 Å². The number of aromatic nitrogens is 2. The smallest absolute Gasteiger partial charge is 0.187 e. The molecule has 0 N–H and O–H groups in total. The van der Waals surface area contributed by atoms with Crippen molar-refractivity contribution in [3.05, 3.63) is 51.8 Å². The van der Waals surface area contributed by atoms with Gasteiger partial charge in [0.2, 0.25) is 0 Å². The standard InChI is InChI=1S/C13H11ClF2N2O/c1-7-13(14)8(2)18(17-7)6-12(19)10-5-9(15)3-4-11(10)16/h3-5H,6H2,1-2H3. The van der Waals surface area contributed by atoms with Crippen LogP contribution >= 0.6 is 11.6 Å². The Hall–Kier alpha value is -1.75. The predicted octanol–water partition coefficient (Wildman–Crippen LogP) is 3.31. The fraction of sp³-hybridized carbons (Fsp3) is 0.231. The highest BCUT2D eigenvalue weighted by molar-refractivity contribution is 6.31. The van der Waals surface area contributed by atoms with Gasteiger partial charge >= 0.3 is 0 Å². The highest BCUT2D eigenvalue weighted by Gasteiger charge is 2.16. The molecule has 0 aliphatic rings. The minimum Gasteiger partial charge on any atom is -0.292 e. The lowest BCUT2D eigenvalue weighted by atomic mass is 10.1. The molecule has 0 aliphatic carbocycles. The van der Waals surface area contributed by atoms with Gasteiger partial charge in [-0.25, -0.2) is 8.78 Å². The first-order chi connectivity index (χ1) is 8.90. The van der Waals surface area contributed by atoms with Crippen LogP contribution in [0.2, 0.25) is 5.02 Å². The maximum absolute atomic E-state index is 13.5. The largest absolute Gasteiger partial charge is 0.292 e. The van der Waals surface area contributed by atoms with E-state index < -0.39 is 17.4 Å². The average molecular weight is 285 g/mol. The summed E-state index contributed by atoms with van der Waals surface area (Å²) >= 11 is 5.96. The molecule has 0 unspecified atom stereocenters. The van der Waals surface area contributed by atoms with Gasteiger partial charge in [0.25, 0.3) is 0 Å². The Morgan fingerprint density at radius 2 is 2.05 bits per heavy atom. The van der Waals surface area contributed by atoms with Crippen LogP contribution in [-0.4, -0.2) is 15.6 Å². The van der Waals surface area contributed by atoms with Gasteiger partial charge in [0.05, 0.1) is 22.0 Å². The lowest BCUT2D eigenvalue weighted by Crippen LogP contribution is -2.14. The number of halogens is 3. The van der Waals surface area contributed by atoms with Crippen LogP contribution < -0.4 is 0 Å². The molecule has 1 aromatic carbocycles. The number of carbonyl (C=O) groups is 1. The van der Waals surface area contributed by atoms with Crippen LogP contribution in [0.4, 0.5) is 8.78 Å². The van der Waals surface area contributed by atoms with Crippen molar-refractivity contribution in [1.82, 2.24) is 9.78 Å². The fourth-order valence-corrected chi connectivity index (χ4v) is 1.90. The zero-order valence-electron chi connectivity index (χ0n) is 10.4. The molecule has 1 aromatic heterocycles. The lowest BCUT2D eigenvalue weighted by Gasteiger charge is -2.05. The molecule has 0 fully saturated rings. The van der Waals surface area contributed by atoms with Crippen molar-refractivity contribution >= 4 is 17.4 Å². The zero-order valence-corrected chi connectivity index (χ0v) is 11.1. The average Bonchev–Trinajstić information content (AvgIpc) is 2.60. The first-order valence-corrected chi connectivity index (χ1v) is 5.95. The molecule has 0 saturated heterocycles. The molecule has 100 valence electrons. The van der Waals surface area contributed by atoms with Gasteiger partial charge in [0.15, 0.2) is 5.78 Å². The summed E-state index contributed by atoms with van der Waals surface area (Å²) in [5.74, 6) is -1.96. The quantitative estimate of drug-likeness (QED) is 0.811. The number of hydrogen-bond donors (Lipinski definition) is 0. The summed E-state index contributed by atoms with van der Waals surface area (Å²) in [6, 6.07) is 2.77. The number of carbonyl (C=O) groups excluding carboxylic acids is 1. The third kappa shape index (κ3) is 2.66. The third-order valence-electron chi connectivity index (χ3n) is 2.82. The third-order valence-corrected chi connectivity index (χ3v) is 3.36. The van der Waals surface area contributed by atoms with Crippen molar-refractivity contribution < 1.29 is 13.6 Å². The van der Waals surface area contributed by atoms with E-state index in [-0.39, 0.29) is 12.1 Å². The molecule has 0 saturated carbocycles. The number of ketones is 1. The zero-order chi connectivity index (χ0) is 14.2. The summed E-state index contributed by atoms with van der Waals surface area (Å²) in [5.41, 5.74) is 0.916. The van der Waals surface area contributed by atoms with Gasteiger partial charge in [-0.3, -0.25) is 9.48 Å². The summed E-state index contributed by atoms with van der Waals surface area (Å²) in [7, 11) is 0. The Kier molecular flexibility index (Phi) is 3.66. The van der Waals surface area contributed by atoms with E-state index in [9.17, 15) is 13.6 Å². The Morgan fingerprint density at radius 3 is 2.63 bits per heavy atom. The summed E-state index contributed by atoms with van der Waals surface area (Å²) in [6.07, 6.45) is 0. The van der Waals surface area contributed by atoms with Crippen LogP contribution in [0.15, 0.2) is 18.2 Å². The molecular formula is C13H11ClF2N2O. The minimum atomic E-state index is -0.751. The fourth-order valence-electron chi connectivity index (χ4n) is 1.76. The van der Waals surface area contributed by atoms with E-state index in [0.717, 1.165) is 18.2 Å². The highest BCUT2D eigenvalue weighted by Crippen LogP contribution is 2.19. The van der Waals surface area contributed by atoms with E-state index >= 15 is 0 Å². The van der Waals surface area contributed by atoms with Gasteiger partial charge in [0, 0.05) is 0 Å². The van der Waals surface area contributed by atoms with Gasteiger partial charge in [-0.15, -0.1) is 0 Å². The van der Waals surface area contributed by atoms with Gasteiger partial charge < -0.3 is 0 Å². The van der Waals surface area contributed by atoms with Crippen molar-refractivity contribution in [2.75, 3.05) is 0 Å². The number of rotatable bonds is 3. The molecule has 3 nitrogen and oxygen atoms in total. The SMILES string of the molecule is Cc1nn(CC(=O)c2cc(F)ccc2F)c(C)c1Cl. The van der Waals surface area contributed by atoms with Crippen LogP contribution in [0.3, 0.4) is 0 Å². The number of Topliss-reactive ketones (excluding diaryl/α,β-unsaturated/α-hetero) is 1. The van der Waals surface area contributed by atoms with Crippen LogP contribution in [0.5, 0.6) is 0 Å². The maximum Gasteiger partial charge on any atom is 0.187 e. The Balaban J connectivity index is 2.30. The van der Waals surface area contributed by atoms with Crippen LogP contribution in [0.1, 0.15) is 21.7 Å². The molecule has 0 atom stereocenters. The second kappa shape index (κ2) is 5.09. The molecule has 0 aliphatic heterocycles. The number of hydrogen-bond acceptors (Lipinski definition) is 2. The van der Waals surface area contributed by atoms with E-state index in [1.807, 2.05) is 0 Å². The van der Waals surface area contributed by atoms with Gasteiger partial charge in [0.1, 0.15) is 18.2 Å². The molecule has 0 spiro atoms. The molecule has 0 radical (unpaired) electrons. The molecule has 0 amide bonds. The maximum atomic E-state index is 13.5. The number of aryl methyl sites for hydroxylation is 1. The second-order valence-electron chi connectivity index (χ2n) is 4.19. The topological polar surface area (TPSA) is 34.9 Å².